The van der Waals surface area contributed by atoms with Crippen molar-refractivity contribution in [2.75, 3.05) is 0 Å². The lowest BCUT2D eigenvalue weighted by Gasteiger charge is -2.19. The molecule has 0 fully saturated rings. The van der Waals surface area contributed by atoms with Crippen molar-refractivity contribution in [3.05, 3.63) is 74.2 Å². The van der Waals surface area contributed by atoms with E-state index in [0.29, 0.717) is 6.08 Å². The molecule has 1 atom stereocenters. The summed E-state index contributed by atoms with van der Waals surface area (Å²) in [5.41, 5.74) is 4.66. The van der Waals surface area contributed by atoms with Crippen LogP contribution in [0.3, 0.4) is 0 Å². The van der Waals surface area contributed by atoms with Gasteiger partial charge in [0.15, 0.2) is 0 Å². The number of primary amides is 1. The average molecular weight is 427 g/mol. The molecule has 138 valence electrons. The molecule has 1 amide bonds. The molecule has 26 heavy (non-hydrogen) atoms. The summed E-state index contributed by atoms with van der Waals surface area (Å²) in [4.78, 5) is 11.0. The van der Waals surface area contributed by atoms with Gasteiger partial charge in [0, 0.05) is 11.1 Å². The van der Waals surface area contributed by atoms with Crippen LogP contribution in [-0.4, -0.2) is 12.1 Å². The highest BCUT2D eigenvalue weighted by molar-refractivity contribution is 6.48. The van der Waals surface area contributed by atoms with Crippen LogP contribution >= 0.6 is 34.8 Å². The molecule has 2 N–H and O–H groups in total. The van der Waals surface area contributed by atoms with E-state index in [-0.39, 0.29) is 31.8 Å². The van der Waals surface area contributed by atoms with E-state index >= 15 is 0 Å². The number of benzene rings is 2. The fourth-order valence-corrected chi connectivity index (χ4v) is 2.78. The van der Waals surface area contributed by atoms with Crippen LogP contribution in [-0.2, 0) is 0 Å². The van der Waals surface area contributed by atoms with Crippen molar-refractivity contribution >= 4 is 46.5 Å². The fraction of sp³-hybridized carbons (Fsp3) is 0.118. The first-order valence-corrected chi connectivity index (χ1v) is 8.12. The summed E-state index contributed by atoms with van der Waals surface area (Å²) in [7, 11) is 0. The van der Waals surface area contributed by atoms with Crippen LogP contribution in [0.5, 0.6) is 0 Å². The predicted octanol–water partition coefficient (Wildman–Crippen LogP) is 6.40. The highest BCUT2D eigenvalue weighted by Crippen LogP contribution is 2.42. The number of alkyl halides is 3. The number of nitrogens with two attached hydrogens (primary N) is 1. The zero-order valence-electron chi connectivity index (χ0n) is 12.8. The summed E-state index contributed by atoms with van der Waals surface area (Å²) in [6.07, 6.45) is -4.40. The molecule has 0 bridgehead atoms. The van der Waals surface area contributed by atoms with Gasteiger partial charge in [-0.3, -0.25) is 4.79 Å². The molecule has 2 aromatic rings. The Balaban J connectivity index is 2.48. The molecule has 2 rings (SSSR count). The van der Waals surface area contributed by atoms with Gasteiger partial charge in [-0.25, -0.2) is 4.39 Å². The van der Waals surface area contributed by atoms with Crippen molar-refractivity contribution in [1.82, 2.24) is 0 Å². The van der Waals surface area contributed by atoms with E-state index < -0.39 is 23.8 Å². The number of amides is 1. The van der Waals surface area contributed by atoms with Crippen LogP contribution < -0.4 is 5.73 Å². The molecule has 2 nitrogen and oxygen atoms in total. The summed E-state index contributed by atoms with van der Waals surface area (Å²) < 4.78 is 54.6. The normalized spacial score (nSPS) is 13.6. The second-order valence-electron chi connectivity index (χ2n) is 5.27. The van der Waals surface area contributed by atoms with Gasteiger partial charge >= 0.3 is 6.18 Å². The Labute approximate surface area is 161 Å². The van der Waals surface area contributed by atoms with Crippen molar-refractivity contribution < 1.29 is 22.4 Å². The lowest BCUT2D eigenvalue weighted by atomic mass is 9.96. The Morgan fingerprint density at radius 1 is 1.00 bits per heavy atom. The number of hydrogen-bond acceptors (Lipinski definition) is 1. The largest absolute Gasteiger partial charge is 0.399 e. The number of hydrogen-bond donors (Lipinski definition) is 1. The third-order valence-corrected chi connectivity index (χ3v) is 4.67. The summed E-state index contributed by atoms with van der Waals surface area (Å²) in [5.74, 6) is -4.17. The van der Waals surface area contributed by atoms with E-state index in [0.717, 1.165) is 24.3 Å². The molecular formula is C17H10Cl3F4NO. The predicted molar refractivity (Wildman–Crippen MR) is 94.3 cm³/mol. The molecule has 0 saturated heterocycles. The molecule has 9 heteroatoms. The van der Waals surface area contributed by atoms with Crippen LogP contribution in [0.1, 0.15) is 27.4 Å². The third-order valence-electron chi connectivity index (χ3n) is 3.48. The molecule has 0 spiro atoms. The van der Waals surface area contributed by atoms with Gasteiger partial charge in [0.25, 0.3) is 0 Å². The van der Waals surface area contributed by atoms with Gasteiger partial charge in [0.05, 0.1) is 15.1 Å². The first-order chi connectivity index (χ1) is 12.0. The van der Waals surface area contributed by atoms with E-state index in [9.17, 15) is 22.4 Å². The van der Waals surface area contributed by atoms with Crippen LogP contribution in [0.25, 0.3) is 5.83 Å². The molecule has 0 radical (unpaired) electrons. The quantitative estimate of drug-likeness (QED) is 0.446. The first kappa shape index (κ1) is 20.6. The summed E-state index contributed by atoms with van der Waals surface area (Å²) in [6.45, 7) is 0. The second-order valence-corrected chi connectivity index (χ2v) is 6.47. The van der Waals surface area contributed by atoms with Gasteiger partial charge in [0.1, 0.15) is 11.7 Å². The highest BCUT2D eigenvalue weighted by atomic mass is 35.5. The minimum atomic E-state index is -4.80. The Morgan fingerprint density at radius 2 is 1.46 bits per heavy atom. The monoisotopic (exact) mass is 425 g/mol. The molecule has 0 aromatic heterocycles. The van der Waals surface area contributed by atoms with Gasteiger partial charge in [-0.15, -0.1) is 0 Å². The molecular weight excluding hydrogens is 417 g/mol. The molecule has 0 aliphatic rings. The van der Waals surface area contributed by atoms with Crippen molar-refractivity contribution in [3.8, 4) is 0 Å². The lowest BCUT2D eigenvalue weighted by Crippen LogP contribution is -2.19. The third kappa shape index (κ3) is 4.69. The van der Waals surface area contributed by atoms with E-state index in [1.165, 1.54) is 12.1 Å². The minimum absolute atomic E-state index is 0.0931. The van der Waals surface area contributed by atoms with Crippen LogP contribution in [0.15, 0.2) is 42.5 Å². The van der Waals surface area contributed by atoms with E-state index in [2.05, 4.69) is 0 Å². The van der Waals surface area contributed by atoms with Gasteiger partial charge in [-0.1, -0.05) is 46.9 Å². The van der Waals surface area contributed by atoms with Gasteiger partial charge in [-0.2, -0.15) is 13.2 Å². The van der Waals surface area contributed by atoms with Crippen LogP contribution in [0, 0.1) is 0 Å². The first-order valence-electron chi connectivity index (χ1n) is 6.99. The number of carbonyl (C=O) groups excluding carboxylic acids is 1. The zero-order valence-corrected chi connectivity index (χ0v) is 15.0. The lowest BCUT2D eigenvalue weighted by molar-refractivity contribution is -0.139. The maximum atomic E-state index is 14.4. The molecule has 0 heterocycles. The Hall–Kier alpha value is -1.76. The summed E-state index contributed by atoms with van der Waals surface area (Å²) >= 11 is 17.3. The van der Waals surface area contributed by atoms with Gasteiger partial charge in [-0.05, 0) is 35.9 Å². The number of allylic oxidation sites excluding steroid dienone is 1. The molecule has 0 saturated carbocycles. The average Bonchev–Trinajstić information content (AvgIpc) is 2.56. The summed E-state index contributed by atoms with van der Waals surface area (Å²) in [5, 5.41) is -0.449. The highest BCUT2D eigenvalue weighted by Gasteiger charge is 2.40. The van der Waals surface area contributed by atoms with E-state index in [4.69, 9.17) is 40.5 Å². The van der Waals surface area contributed by atoms with Crippen molar-refractivity contribution in [3.63, 3.8) is 0 Å². The molecule has 0 aliphatic heterocycles. The molecule has 1 unspecified atom stereocenters. The second kappa shape index (κ2) is 7.86. The Kier molecular flexibility index (Phi) is 6.21. The number of rotatable bonds is 4. The number of halogens is 7. The van der Waals surface area contributed by atoms with Crippen molar-refractivity contribution in [1.29, 1.82) is 0 Å². The smallest absolute Gasteiger partial charge is 0.366 e. The SMILES string of the molecule is NC(=O)c1ccc(/C(F)=C/C(c2cc(Cl)c(Cl)c(Cl)c2)C(F)(F)F)cc1. The van der Waals surface area contributed by atoms with Crippen LogP contribution in [0.4, 0.5) is 17.6 Å². The van der Waals surface area contributed by atoms with Crippen molar-refractivity contribution in [2.24, 2.45) is 5.73 Å². The Bertz CT molecular complexity index is 840. The summed E-state index contributed by atoms with van der Waals surface area (Å²) in [6, 6.07) is 6.69. The van der Waals surface area contributed by atoms with Crippen LogP contribution in [0.2, 0.25) is 15.1 Å². The maximum absolute atomic E-state index is 14.4. The van der Waals surface area contributed by atoms with Gasteiger partial charge < -0.3 is 5.73 Å². The molecule has 0 aliphatic carbocycles. The Morgan fingerprint density at radius 3 is 1.88 bits per heavy atom. The van der Waals surface area contributed by atoms with E-state index in [1.807, 2.05) is 0 Å². The zero-order chi connectivity index (χ0) is 19.6. The molecule has 2 aromatic carbocycles. The van der Waals surface area contributed by atoms with Gasteiger partial charge in [0.2, 0.25) is 5.91 Å². The van der Waals surface area contributed by atoms with Crippen molar-refractivity contribution in [2.45, 2.75) is 12.1 Å². The maximum Gasteiger partial charge on any atom is 0.399 e. The number of carbonyl (C=O) groups is 1. The standard InChI is InChI=1S/C17H10Cl3F4NO/c18-12-5-10(6-13(19)15(12)20)11(17(22,23)24)7-14(21)8-1-3-9(4-2-8)16(25)26/h1-7,11H,(H2,25,26)/b14-7-. The fourth-order valence-electron chi connectivity index (χ4n) is 2.17. The topological polar surface area (TPSA) is 43.1 Å². The van der Waals surface area contributed by atoms with E-state index in [1.54, 1.807) is 0 Å². The minimum Gasteiger partial charge on any atom is -0.366 e.